The smallest absolute Gasteiger partial charge is 0.0799 e. The van der Waals surface area contributed by atoms with Gasteiger partial charge in [-0.15, -0.1) is 0 Å². The van der Waals surface area contributed by atoms with Gasteiger partial charge < -0.3 is 0 Å². The lowest BCUT2D eigenvalue weighted by atomic mass is 9.78. The summed E-state index contributed by atoms with van der Waals surface area (Å²) in [7, 11) is -1.34. The number of pyridine rings is 1. The van der Waals surface area contributed by atoms with Crippen LogP contribution in [-0.4, -0.2) is 13.1 Å². The second kappa shape index (κ2) is 6.84. The molecule has 0 aliphatic heterocycles. The Morgan fingerprint density at radius 2 is 1.38 bits per heavy atom. The van der Waals surface area contributed by atoms with Crippen molar-refractivity contribution in [2.75, 3.05) is 0 Å². The number of aromatic nitrogens is 1. The van der Waals surface area contributed by atoms with Crippen molar-refractivity contribution in [1.82, 2.24) is 4.98 Å². The first kappa shape index (κ1) is 18.6. The standard InChI is InChI=1S/C24H29NSi/c1-18-16-22(25-17-23(18)26(4,5)6)19-12-14-21(15-13-19)24(2,3)20-10-8-7-9-11-20/h7-17H,1-6H3. The van der Waals surface area contributed by atoms with Crippen molar-refractivity contribution in [2.45, 2.75) is 45.8 Å². The van der Waals surface area contributed by atoms with Crippen LogP contribution in [0.2, 0.25) is 19.6 Å². The van der Waals surface area contributed by atoms with Crippen LogP contribution in [0.1, 0.15) is 30.5 Å². The Labute approximate surface area is 159 Å². The van der Waals surface area contributed by atoms with Gasteiger partial charge in [-0.2, -0.15) is 0 Å². The maximum absolute atomic E-state index is 4.76. The summed E-state index contributed by atoms with van der Waals surface area (Å²) >= 11 is 0. The number of benzene rings is 2. The molecule has 0 unspecified atom stereocenters. The first-order chi connectivity index (χ1) is 12.2. The minimum Gasteiger partial charge on any atom is -0.256 e. The fraction of sp³-hybridized carbons (Fsp3) is 0.292. The predicted octanol–water partition coefficient (Wildman–Crippen LogP) is 5.93. The predicted molar refractivity (Wildman–Crippen MR) is 116 cm³/mol. The molecule has 3 aromatic rings. The molecule has 3 rings (SSSR count). The second-order valence-corrected chi connectivity index (χ2v) is 13.7. The summed E-state index contributed by atoms with van der Waals surface area (Å²) in [6.07, 6.45) is 2.10. The molecule has 1 aromatic heterocycles. The zero-order valence-electron chi connectivity index (χ0n) is 16.8. The van der Waals surface area contributed by atoms with Gasteiger partial charge in [0.15, 0.2) is 0 Å². The van der Waals surface area contributed by atoms with E-state index in [9.17, 15) is 0 Å². The van der Waals surface area contributed by atoms with Crippen LogP contribution in [0.15, 0.2) is 66.9 Å². The highest BCUT2D eigenvalue weighted by molar-refractivity contribution is 6.89. The summed E-state index contributed by atoms with van der Waals surface area (Å²) in [6, 6.07) is 21.8. The van der Waals surface area contributed by atoms with Crippen molar-refractivity contribution in [3.8, 4) is 11.3 Å². The summed E-state index contributed by atoms with van der Waals surface area (Å²) in [4.78, 5) is 4.76. The van der Waals surface area contributed by atoms with Crippen LogP contribution in [0.4, 0.5) is 0 Å². The summed E-state index contributed by atoms with van der Waals surface area (Å²) in [5.41, 5.74) is 6.26. The second-order valence-electron chi connectivity index (χ2n) is 8.70. The Morgan fingerprint density at radius 1 is 0.808 bits per heavy atom. The minimum absolute atomic E-state index is 0.00910. The maximum atomic E-state index is 4.76. The Kier molecular flexibility index (Phi) is 4.89. The van der Waals surface area contributed by atoms with E-state index in [2.05, 4.69) is 107 Å². The zero-order chi connectivity index (χ0) is 18.9. The Morgan fingerprint density at radius 3 is 1.92 bits per heavy atom. The highest BCUT2D eigenvalue weighted by atomic mass is 28.3. The Balaban J connectivity index is 1.92. The van der Waals surface area contributed by atoms with Gasteiger partial charge >= 0.3 is 0 Å². The molecule has 134 valence electrons. The number of aryl methyl sites for hydroxylation is 1. The molecule has 0 saturated heterocycles. The number of hydrogen-bond acceptors (Lipinski definition) is 1. The van der Waals surface area contributed by atoms with Crippen molar-refractivity contribution >= 4 is 13.3 Å². The molecule has 0 radical (unpaired) electrons. The van der Waals surface area contributed by atoms with E-state index >= 15 is 0 Å². The van der Waals surface area contributed by atoms with E-state index in [1.807, 2.05) is 0 Å². The van der Waals surface area contributed by atoms with E-state index in [0.29, 0.717) is 0 Å². The quantitative estimate of drug-likeness (QED) is 0.526. The van der Waals surface area contributed by atoms with Crippen LogP contribution in [0, 0.1) is 6.92 Å². The molecule has 2 heteroatoms. The first-order valence-corrected chi connectivity index (χ1v) is 12.8. The van der Waals surface area contributed by atoms with E-state index in [-0.39, 0.29) is 5.41 Å². The lowest BCUT2D eigenvalue weighted by molar-refractivity contribution is 0.641. The number of nitrogens with zero attached hydrogens (tertiary/aromatic N) is 1. The van der Waals surface area contributed by atoms with Gasteiger partial charge in [0.2, 0.25) is 0 Å². The molecule has 2 aromatic carbocycles. The first-order valence-electron chi connectivity index (χ1n) is 9.33. The van der Waals surface area contributed by atoms with Crippen LogP contribution in [0.3, 0.4) is 0 Å². The van der Waals surface area contributed by atoms with Crippen LogP contribution in [0.25, 0.3) is 11.3 Å². The summed E-state index contributed by atoms with van der Waals surface area (Å²) in [5.74, 6) is 0. The van der Waals surface area contributed by atoms with Gasteiger partial charge in [0.05, 0.1) is 13.8 Å². The van der Waals surface area contributed by atoms with Gasteiger partial charge in [-0.3, -0.25) is 4.98 Å². The van der Waals surface area contributed by atoms with E-state index in [1.165, 1.54) is 27.4 Å². The highest BCUT2D eigenvalue weighted by Crippen LogP contribution is 2.32. The van der Waals surface area contributed by atoms with E-state index in [0.717, 1.165) is 5.69 Å². The van der Waals surface area contributed by atoms with Crippen molar-refractivity contribution < 1.29 is 0 Å². The van der Waals surface area contributed by atoms with Gasteiger partial charge in [0.25, 0.3) is 0 Å². The monoisotopic (exact) mass is 359 g/mol. The van der Waals surface area contributed by atoms with Gasteiger partial charge in [-0.05, 0) is 34.9 Å². The lowest BCUT2D eigenvalue weighted by Gasteiger charge is -2.26. The molecule has 0 aliphatic rings. The molecule has 0 N–H and O–H groups in total. The van der Waals surface area contributed by atoms with Gasteiger partial charge in [0, 0.05) is 17.2 Å². The SMILES string of the molecule is Cc1cc(-c2ccc(C(C)(C)c3ccccc3)cc2)ncc1[Si](C)(C)C. The van der Waals surface area contributed by atoms with E-state index < -0.39 is 8.07 Å². The third-order valence-electron chi connectivity index (χ3n) is 5.32. The fourth-order valence-corrected chi connectivity index (χ4v) is 5.29. The maximum Gasteiger partial charge on any atom is 0.0799 e. The average molecular weight is 360 g/mol. The third kappa shape index (κ3) is 3.66. The molecular weight excluding hydrogens is 330 g/mol. The van der Waals surface area contributed by atoms with Crippen LogP contribution in [0.5, 0.6) is 0 Å². The minimum atomic E-state index is -1.34. The fourth-order valence-electron chi connectivity index (χ4n) is 3.58. The normalized spacial score (nSPS) is 12.2. The van der Waals surface area contributed by atoms with E-state index in [4.69, 9.17) is 4.98 Å². The summed E-state index contributed by atoms with van der Waals surface area (Å²) < 4.78 is 0. The average Bonchev–Trinajstić information content (AvgIpc) is 2.61. The molecule has 0 spiro atoms. The van der Waals surface area contributed by atoms with Crippen molar-refractivity contribution in [3.05, 3.63) is 83.6 Å². The molecule has 0 saturated carbocycles. The lowest BCUT2D eigenvalue weighted by Crippen LogP contribution is -2.39. The largest absolute Gasteiger partial charge is 0.256 e. The molecule has 1 nitrogen and oxygen atoms in total. The summed E-state index contributed by atoms with van der Waals surface area (Å²) in [6.45, 7) is 13.9. The Hall–Kier alpha value is -2.19. The van der Waals surface area contributed by atoms with Crippen molar-refractivity contribution in [2.24, 2.45) is 0 Å². The zero-order valence-corrected chi connectivity index (χ0v) is 17.8. The van der Waals surface area contributed by atoms with Crippen LogP contribution in [-0.2, 0) is 5.41 Å². The highest BCUT2D eigenvalue weighted by Gasteiger charge is 2.23. The molecule has 26 heavy (non-hydrogen) atoms. The third-order valence-corrected chi connectivity index (χ3v) is 7.46. The van der Waals surface area contributed by atoms with Crippen LogP contribution < -0.4 is 5.19 Å². The summed E-state index contributed by atoms with van der Waals surface area (Å²) in [5, 5.41) is 1.45. The van der Waals surface area contributed by atoms with Crippen LogP contribution >= 0.6 is 0 Å². The van der Waals surface area contributed by atoms with E-state index in [1.54, 1.807) is 0 Å². The molecule has 0 amide bonds. The molecule has 0 bridgehead atoms. The molecule has 1 heterocycles. The Bertz CT molecular complexity index is 888. The number of hydrogen-bond donors (Lipinski definition) is 0. The molecule has 0 atom stereocenters. The van der Waals surface area contributed by atoms with Gasteiger partial charge in [-0.25, -0.2) is 0 Å². The topological polar surface area (TPSA) is 12.9 Å². The van der Waals surface area contributed by atoms with Crippen molar-refractivity contribution in [1.29, 1.82) is 0 Å². The molecule has 0 fully saturated rings. The number of rotatable bonds is 4. The molecular formula is C24H29NSi. The van der Waals surface area contributed by atoms with Gasteiger partial charge in [0.1, 0.15) is 0 Å². The van der Waals surface area contributed by atoms with Gasteiger partial charge in [-0.1, -0.05) is 88.1 Å². The van der Waals surface area contributed by atoms with Crippen molar-refractivity contribution in [3.63, 3.8) is 0 Å². The molecule has 0 aliphatic carbocycles.